The summed E-state index contributed by atoms with van der Waals surface area (Å²) in [6.45, 7) is 4.33. The minimum Gasteiger partial charge on any atom is -0.350 e. The number of hydrogen-bond acceptors (Lipinski definition) is 4. The summed E-state index contributed by atoms with van der Waals surface area (Å²) in [6, 6.07) is 23.1. The molecule has 1 aliphatic heterocycles. The lowest BCUT2D eigenvalue weighted by Gasteiger charge is -2.15. The van der Waals surface area contributed by atoms with Crippen LogP contribution in [0.5, 0.6) is 0 Å². The highest BCUT2D eigenvalue weighted by Gasteiger charge is 2.39. The standard InChI is InChI=1S/C26H23ClN2O2S/c1-17-8-13-22(18(2)16-17)28-23-24(32-21-11-9-20(27)10-12-21)26(31)29(25(23)30)15-14-19-6-4-3-5-7-19/h3-13,16,28H,14-15H2,1-2H3. The molecule has 1 N–H and O–H groups in total. The molecule has 0 bridgehead atoms. The van der Waals surface area contributed by atoms with Crippen LogP contribution in [0, 0.1) is 13.8 Å². The second kappa shape index (κ2) is 9.63. The highest BCUT2D eigenvalue weighted by molar-refractivity contribution is 8.04. The van der Waals surface area contributed by atoms with Crippen molar-refractivity contribution >= 4 is 40.9 Å². The van der Waals surface area contributed by atoms with Crippen molar-refractivity contribution in [1.29, 1.82) is 0 Å². The molecule has 162 valence electrons. The summed E-state index contributed by atoms with van der Waals surface area (Å²) in [5.41, 5.74) is 4.35. The molecule has 6 heteroatoms. The van der Waals surface area contributed by atoms with E-state index in [2.05, 4.69) is 5.32 Å². The summed E-state index contributed by atoms with van der Waals surface area (Å²) in [5.74, 6) is -0.583. The van der Waals surface area contributed by atoms with Crippen molar-refractivity contribution in [3.8, 4) is 0 Å². The Morgan fingerprint density at radius 1 is 0.906 bits per heavy atom. The molecule has 0 unspecified atom stereocenters. The average molecular weight is 463 g/mol. The molecule has 3 aromatic carbocycles. The number of rotatable bonds is 7. The zero-order valence-corrected chi connectivity index (χ0v) is 19.5. The quantitative estimate of drug-likeness (QED) is 0.438. The number of nitrogens with one attached hydrogen (secondary N) is 1. The number of nitrogens with zero attached hydrogens (tertiary/aromatic N) is 1. The van der Waals surface area contributed by atoms with Gasteiger partial charge in [0.15, 0.2) is 0 Å². The first-order valence-corrected chi connectivity index (χ1v) is 11.5. The van der Waals surface area contributed by atoms with Crippen molar-refractivity contribution in [1.82, 2.24) is 4.90 Å². The smallest absolute Gasteiger partial charge is 0.278 e. The summed E-state index contributed by atoms with van der Waals surface area (Å²) >= 11 is 7.29. The monoisotopic (exact) mass is 462 g/mol. The number of halogens is 1. The largest absolute Gasteiger partial charge is 0.350 e. The zero-order valence-electron chi connectivity index (χ0n) is 17.9. The van der Waals surface area contributed by atoms with Gasteiger partial charge in [-0.05, 0) is 61.7 Å². The summed E-state index contributed by atoms with van der Waals surface area (Å²) in [5, 5.41) is 3.87. The van der Waals surface area contributed by atoms with E-state index in [0.717, 1.165) is 27.3 Å². The van der Waals surface area contributed by atoms with Gasteiger partial charge in [0.2, 0.25) is 0 Å². The molecule has 1 aliphatic rings. The molecule has 0 saturated heterocycles. The maximum absolute atomic E-state index is 13.3. The first-order valence-electron chi connectivity index (χ1n) is 10.3. The van der Waals surface area contributed by atoms with Gasteiger partial charge in [-0.15, -0.1) is 0 Å². The Bertz CT molecular complexity index is 1190. The molecule has 3 aromatic rings. The fourth-order valence-electron chi connectivity index (χ4n) is 3.56. The third-order valence-corrected chi connectivity index (χ3v) is 6.61. The first-order chi connectivity index (χ1) is 15.4. The van der Waals surface area contributed by atoms with Crippen LogP contribution in [0.3, 0.4) is 0 Å². The van der Waals surface area contributed by atoms with E-state index in [4.69, 9.17) is 11.6 Å². The van der Waals surface area contributed by atoms with Crippen LogP contribution in [0.15, 0.2) is 88.3 Å². The molecule has 0 radical (unpaired) electrons. The molecule has 0 spiro atoms. The number of anilines is 1. The van der Waals surface area contributed by atoms with E-state index >= 15 is 0 Å². The molecule has 32 heavy (non-hydrogen) atoms. The van der Waals surface area contributed by atoms with Crippen molar-refractivity contribution in [3.63, 3.8) is 0 Å². The third kappa shape index (κ3) is 4.90. The number of amides is 2. The van der Waals surface area contributed by atoms with Crippen LogP contribution in [-0.4, -0.2) is 23.3 Å². The Morgan fingerprint density at radius 2 is 1.62 bits per heavy atom. The number of aryl methyl sites for hydroxylation is 2. The maximum Gasteiger partial charge on any atom is 0.278 e. The fraction of sp³-hybridized carbons (Fsp3) is 0.154. The Balaban J connectivity index is 1.64. The van der Waals surface area contributed by atoms with Crippen LogP contribution in [0.1, 0.15) is 16.7 Å². The van der Waals surface area contributed by atoms with Crippen LogP contribution in [0.4, 0.5) is 5.69 Å². The van der Waals surface area contributed by atoms with E-state index in [-0.39, 0.29) is 11.8 Å². The minimum atomic E-state index is -0.303. The van der Waals surface area contributed by atoms with E-state index in [1.54, 1.807) is 12.1 Å². The molecule has 2 amide bonds. The second-order valence-electron chi connectivity index (χ2n) is 7.70. The Kier molecular flexibility index (Phi) is 6.68. The molecule has 4 rings (SSSR count). The molecule has 0 aliphatic carbocycles. The second-order valence-corrected chi connectivity index (χ2v) is 9.22. The number of hydrogen-bond donors (Lipinski definition) is 1. The van der Waals surface area contributed by atoms with Gasteiger partial charge < -0.3 is 5.32 Å². The van der Waals surface area contributed by atoms with Crippen LogP contribution in [0.2, 0.25) is 5.02 Å². The van der Waals surface area contributed by atoms with Gasteiger partial charge in [0.1, 0.15) is 10.6 Å². The highest BCUT2D eigenvalue weighted by atomic mass is 35.5. The number of imide groups is 1. The van der Waals surface area contributed by atoms with Crippen LogP contribution < -0.4 is 5.32 Å². The Labute approximate surface area is 197 Å². The van der Waals surface area contributed by atoms with Crippen molar-refractivity contribution in [3.05, 3.63) is 105 Å². The Morgan fingerprint density at radius 3 is 2.31 bits per heavy atom. The molecule has 4 nitrogen and oxygen atoms in total. The van der Waals surface area contributed by atoms with Gasteiger partial charge in [-0.25, -0.2) is 0 Å². The molecule has 0 saturated carbocycles. The van der Waals surface area contributed by atoms with E-state index in [1.807, 2.05) is 74.5 Å². The third-order valence-electron chi connectivity index (χ3n) is 5.27. The number of thioether (sulfide) groups is 1. The Hall–Kier alpha value is -3.02. The number of carbonyl (C=O) groups is 2. The van der Waals surface area contributed by atoms with Gasteiger partial charge in [0, 0.05) is 22.2 Å². The van der Waals surface area contributed by atoms with E-state index in [9.17, 15) is 9.59 Å². The molecule has 0 fully saturated rings. The maximum atomic E-state index is 13.3. The zero-order chi connectivity index (χ0) is 22.7. The van der Waals surface area contributed by atoms with Gasteiger partial charge >= 0.3 is 0 Å². The van der Waals surface area contributed by atoms with Gasteiger partial charge in [0.05, 0.1) is 0 Å². The van der Waals surface area contributed by atoms with E-state index < -0.39 is 0 Å². The summed E-state index contributed by atoms with van der Waals surface area (Å²) in [6.07, 6.45) is 0.605. The number of carbonyl (C=O) groups excluding carboxylic acids is 2. The van der Waals surface area contributed by atoms with Crippen LogP contribution in [-0.2, 0) is 16.0 Å². The SMILES string of the molecule is Cc1ccc(NC2=C(Sc3ccc(Cl)cc3)C(=O)N(CCc3ccccc3)C2=O)c(C)c1. The molecule has 1 heterocycles. The predicted molar refractivity (Wildman–Crippen MR) is 131 cm³/mol. The lowest BCUT2D eigenvalue weighted by Crippen LogP contribution is -2.34. The van der Waals surface area contributed by atoms with Gasteiger partial charge in [0.25, 0.3) is 11.8 Å². The number of benzene rings is 3. The van der Waals surface area contributed by atoms with E-state index in [0.29, 0.717) is 28.6 Å². The van der Waals surface area contributed by atoms with Crippen LogP contribution in [0.25, 0.3) is 0 Å². The van der Waals surface area contributed by atoms with Crippen molar-refractivity contribution in [2.24, 2.45) is 0 Å². The molecular weight excluding hydrogens is 440 g/mol. The molecule has 0 atom stereocenters. The summed E-state index contributed by atoms with van der Waals surface area (Å²) < 4.78 is 0. The van der Waals surface area contributed by atoms with Gasteiger partial charge in [-0.2, -0.15) is 0 Å². The minimum absolute atomic E-state index is 0.279. The van der Waals surface area contributed by atoms with Gasteiger partial charge in [-0.1, -0.05) is 71.4 Å². The molecule has 0 aromatic heterocycles. The summed E-state index contributed by atoms with van der Waals surface area (Å²) in [4.78, 5) is 29.2. The fourth-order valence-corrected chi connectivity index (χ4v) is 4.63. The molecular formula is C26H23ClN2O2S. The summed E-state index contributed by atoms with van der Waals surface area (Å²) in [7, 11) is 0. The topological polar surface area (TPSA) is 49.4 Å². The average Bonchev–Trinajstić information content (AvgIpc) is 3.00. The van der Waals surface area contributed by atoms with E-state index in [1.165, 1.54) is 16.7 Å². The lowest BCUT2D eigenvalue weighted by molar-refractivity contribution is -0.137. The first kappa shape index (κ1) is 22.2. The van der Waals surface area contributed by atoms with Gasteiger partial charge in [-0.3, -0.25) is 14.5 Å². The normalized spacial score (nSPS) is 13.8. The van der Waals surface area contributed by atoms with Crippen LogP contribution >= 0.6 is 23.4 Å². The predicted octanol–water partition coefficient (Wildman–Crippen LogP) is 5.98. The highest BCUT2D eigenvalue weighted by Crippen LogP contribution is 2.36. The van der Waals surface area contributed by atoms with Crippen molar-refractivity contribution in [2.75, 3.05) is 11.9 Å². The van der Waals surface area contributed by atoms with Crippen molar-refractivity contribution in [2.45, 2.75) is 25.2 Å². The lowest BCUT2D eigenvalue weighted by atomic mass is 10.1. The van der Waals surface area contributed by atoms with Crippen molar-refractivity contribution < 1.29 is 9.59 Å².